The minimum Gasteiger partial charge on any atom is -0.355 e. The van der Waals surface area contributed by atoms with Gasteiger partial charge in [-0.15, -0.1) is 0 Å². The van der Waals surface area contributed by atoms with Crippen molar-refractivity contribution in [3.63, 3.8) is 0 Å². The van der Waals surface area contributed by atoms with E-state index in [0.29, 0.717) is 5.15 Å². The van der Waals surface area contributed by atoms with E-state index in [4.69, 9.17) is 16.1 Å². The molecule has 74 valence electrons. The molecule has 2 aromatic carbocycles. The fraction of sp³-hybridized carbons (Fsp3) is 0. The quantitative estimate of drug-likeness (QED) is 0.611. The molecule has 0 fully saturated rings. The van der Waals surface area contributed by atoms with E-state index in [1.165, 1.54) is 0 Å². The van der Waals surface area contributed by atoms with Crippen molar-refractivity contribution in [2.24, 2.45) is 0 Å². The molecule has 3 rings (SSSR count). The number of fused-ring (bicyclic) bond motifs is 2. The standard InChI is InChI=1S/C11H5BrClNO/c12-8-2-1-6-5-10-9(4-7(6)3-8)11(13)14-15-10/h1-5H. The normalized spacial score (nSPS) is 11.3. The maximum Gasteiger partial charge on any atom is 0.180 e. The molecule has 2 nitrogen and oxygen atoms in total. The Hall–Kier alpha value is -1.06. The molecule has 1 heterocycles. The Balaban J connectivity index is 2.50. The Morgan fingerprint density at radius 1 is 1.13 bits per heavy atom. The minimum absolute atomic E-state index is 0.409. The molecule has 0 aliphatic heterocycles. The Kier molecular flexibility index (Phi) is 1.97. The molecule has 0 aliphatic rings. The Labute approximate surface area is 98.9 Å². The number of benzene rings is 2. The predicted molar refractivity (Wildman–Crippen MR) is 64.2 cm³/mol. The van der Waals surface area contributed by atoms with Crippen LogP contribution < -0.4 is 0 Å². The highest BCUT2D eigenvalue weighted by Gasteiger charge is 2.07. The van der Waals surface area contributed by atoms with E-state index in [2.05, 4.69) is 21.1 Å². The first-order valence-corrected chi connectivity index (χ1v) is 5.55. The van der Waals surface area contributed by atoms with Crippen molar-refractivity contribution in [2.75, 3.05) is 0 Å². The zero-order chi connectivity index (χ0) is 10.4. The third-order valence-electron chi connectivity index (χ3n) is 2.35. The molecule has 4 heteroatoms. The summed E-state index contributed by atoms with van der Waals surface area (Å²) in [6.45, 7) is 0. The van der Waals surface area contributed by atoms with Crippen LogP contribution in [0.1, 0.15) is 0 Å². The molecule has 0 spiro atoms. The molecule has 0 bridgehead atoms. The molecule has 0 atom stereocenters. The number of hydrogen-bond acceptors (Lipinski definition) is 2. The largest absolute Gasteiger partial charge is 0.355 e. The number of aromatic nitrogens is 1. The fourth-order valence-corrected chi connectivity index (χ4v) is 2.18. The van der Waals surface area contributed by atoms with Crippen LogP contribution in [0.15, 0.2) is 39.3 Å². The van der Waals surface area contributed by atoms with Crippen LogP contribution >= 0.6 is 27.5 Å². The van der Waals surface area contributed by atoms with Crippen molar-refractivity contribution in [1.29, 1.82) is 0 Å². The first-order chi connectivity index (χ1) is 7.24. The van der Waals surface area contributed by atoms with Crippen molar-refractivity contribution in [3.8, 4) is 0 Å². The number of hydrogen-bond donors (Lipinski definition) is 0. The van der Waals surface area contributed by atoms with Gasteiger partial charge in [0.2, 0.25) is 0 Å². The lowest BCUT2D eigenvalue weighted by molar-refractivity contribution is 0.457. The molecule has 0 N–H and O–H groups in total. The van der Waals surface area contributed by atoms with Crippen LogP contribution in [0.5, 0.6) is 0 Å². The number of rotatable bonds is 0. The van der Waals surface area contributed by atoms with Crippen LogP contribution in [0.2, 0.25) is 5.15 Å². The zero-order valence-corrected chi connectivity index (χ0v) is 9.84. The van der Waals surface area contributed by atoms with Gasteiger partial charge in [-0.3, -0.25) is 0 Å². The molecular formula is C11H5BrClNO. The Morgan fingerprint density at radius 3 is 2.87 bits per heavy atom. The van der Waals surface area contributed by atoms with Gasteiger partial charge in [-0.25, -0.2) is 0 Å². The number of halogens is 2. The van der Waals surface area contributed by atoms with Crippen LogP contribution in [0.25, 0.3) is 21.7 Å². The molecule has 3 aromatic rings. The molecule has 0 amide bonds. The predicted octanol–water partition coefficient (Wildman–Crippen LogP) is 4.40. The van der Waals surface area contributed by atoms with Gasteiger partial charge in [-0.05, 0) is 35.0 Å². The van der Waals surface area contributed by atoms with E-state index >= 15 is 0 Å². The van der Waals surface area contributed by atoms with E-state index < -0.39 is 0 Å². The SMILES string of the molecule is Clc1noc2cc3ccc(Br)cc3cc12. The summed E-state index contributed by atoms with van der Waals surface area (Å²) in [5, 5.41) is 7.20. The van der Waals surface area contributed by atoms with Crippen molar-refractivity contribution in [1.82, 2.24) is 5.16 Å². The van der Waals surface area contributed by atoms with Gasteiger partial charge >= 0.3 is 0 Å². The molecule has 15 heavy (non-hydrogen) atoms. The molecule has 0 aliphatic carbocycles. The molecule has 0 saturated heterocycles. The summed E-state index contributed by atoms with van der Waals surface area (Å²) >= 11 is 9.33. The van der Waals surface area contributed by atoms with E-state index in [0.717, 1.165) is 26.2 Å². The van der Waals surface area contributed by atoms with Gasteiger partial charge < -0.3 is 4.52 Å². The maximum absolute atomic E-state index is 5.90. The topological polar surface area (TPSA) is 26.0 Å². The summed E-state index contributed by atoms with van der Waals surface area (Å²) < 4.78 is 6.14. The lowest BCUT2D eigenvalue weighted by Gasteiger charge is -1.97. The molecule has 0 radical (unpaired) electrons. The average molecular weight is 283 g/mol. The third-order valence-corrected chi connectivity index (χ3v) is 3.11. The van der Waals surface area contributed by atoms with Crippen molar-refractivity contribution < 1.29 is 4.52 Å². The van der Waals surface area contributed by atoms with Crippen LogP contribution in [-0.2, 0) is 0 Å². The van der Waals surface area contributed by atoms with Gasteiger partial charge in [-0.2, -0.15) is 0 Å². The maximum atomic E-state index is 5.90. The lowest BCUT2D eigenvalue weighted by atomic mass is 10.1. The molecular weight excluding hydrogens is 277 g/mol. The van der Waals surface area contributed by atoms with Crippen LogP contribution in [0.4, 0.5) is 0 Å². The first-order valence-electron chi connectivity index (χ1n) is 4.38. The summed E-state index contributed by atoms with van der Waals surface area (Å²) in [5.74, 6) is 0. The van der Waals surface area contributed by atoms with Gasteiger partial charge in [0.15, 0.2) is 10.7 Å². The van der Waals surface area contributed by atoms with Crippen molar-refractivity contribution >= 4 is 49.3 Å². The van der Waals surface area contributed by atoms with Gasteiger partial charge in [-0.1, -0.05) is 38.8 Å². The highest BCUT2D eigenvalue weighted by atomic mass is 79.9. The summed E-state index contributed by atoms with van der Waals surface area (Å²) in [7, 11) is 0. The van der Waals surface area contributed by atoms with Gasteiger partial charge in [0.05, 0.1) is 5.39 Å². The number of nitrogens with zero attached hydrogens (tertiary/aromatic N) is 1. The van der Waals surface area contributed by atoms with Crippen LogP contribution in [0, 0.1) is 0 Å². The fourth-order valence-electron chi connectivity index (χ4n) is 1.62. The molecule has 1 aromatic heterocycles. The Morgan fingerprint density at radius 2 is 2.00 bits per heavy atom. The van der Waals surface area contributed by atoms with E-state index in [1.54, 1.807) is 0 Å². The lowest BCUT2D eigenvalue weighted by Crippen LogP contribution is -1.73. The van der Waals surface area contributed by atoms with E-state index in [-0.39, 0.29) is 0 Å². The second kappa shape index (κ2) is 3.22. The summed E-state index contributed by atoms with van der Waals surface area (Å²) in [4.78, 5) is 0. The summed E-state index contributed by atoms with van der Waals surface area (Å²) in [5.41, 5.74) is 0.717. The van der Waals surface area contributed by atoms with Crippen LogP contribution in [0.3, 0.4) is 0 Å². The molecule has 0 unspecified atom stereocenters. The minimum atomic E-state index is 0.409. The summed E-state index contributed by atoms with van der Waals surface area (Å²) in [6.07, 6.45) is 0. The van der Waals surface area contributed by atoms with Gasteiger partial charge in [0, 0.05) is 4.47 Å². The van der Waals surface area contributed by atoms with Crippen molar-refractivity contribution in [3.05, 3.63) is 40.0 Å². The Bertz CT molecular complexity index is 662. The van der Waals surface area contributed by atoms with Gasteiger partial charge in [0.25, 0.3) is 0 Å². The van der Waals surface area contributed by atoms with Gasteiger partial charge in [0.1, 0.15) is 0 Å². The zero-order valence-electron chi connectivity index (χ0n) is 7.50. The highest BCUT2D eigenvalue weighted by molar-refractivity contribution is 9.10. The average Bonchev–Trinajstić information content (AvgIpc) is 2.57. The second-order valence-electron chi connectivity index (χ2n) is 3.31. The third kappa shape index (κ3) is 1.43. The van der Waals surface area contributed by atoms with E-state index in [9.17, 15) is 0 Å². The van der Waals surface area contributed by atoms with Crippen LogP contribution in [-0.4, -0.2) is 5.16 Å². The smallest absolute Gasteiger partial charge is 0.180 e. The van der Waals surface area contributed by atoms with E-state index in [1.807, 2.05) is 30.3 Å². The molecule has 0 saturated carbocycles. The monoisotopic (exact) mass is 281 g/mol. The first kappa shape index (κ1) is 9.19. The highest BCUT2D eigenvalue weighted by Crippen LogP contribution is 2.29. The second-order valence-corrected chi connectivity index (χ2v) is 4.59. The summed E-state index contributed by atoms with van der Waals surface area (Å²) in [6, 6.07) is 9.98. The van der Waals surface area contributed by atoms with Crippen molar-refractivity contribution in [2.45, 2.75) is 0 Å².